The van der Waals surface area contributed by atoms with Crippen LogP contribution in [0.15, 0.2) is 33.9 Å². The van der Waals surface area contributed by atoms with Gasteiger partial charge in [-0.15, -0.1) is 10.2 Å². The lowest BCUT2D eigenvalue weighted by molar-refractivity contribution is 0.0686. The third-order valence-corrected chi connectivity index (χ3v) is 3.95. The second-order valence-corrected chi connectivity index (χ2v) is 5.51. The Kier molecular flexibility index (Phi) is 3.00. The fraction of sp³-hybridized carbons (Fsp3) is 0.385. The predicted molar refractivity (Wildman–Crippen MR) is 70.1 cm³/mol. The van der Waals surface area contributed by atoms with Gasteiger partial charge in [0.2, 0.25) is 6.10 Å². The molecule has 2 aromatic rings. The first-order valence-corrected chi connectivity index (χ1v) is 7.33. The topological polar surface area (TPSA) is 69.9 Å². The number of ether oxygens (including phenoxy) is 3. The predicted octanol–water partition coefficient (Wildman–Crippen LogP) is 2.07. The summed E-state index contributed by atoms with van der Waals surface area (Å²) in [6.07, 6.45) is -0.0274. The zero-order valence-electron chi connectivity index (χ0n) is 10.5. The Hall–Kier alpha value is -1.73. The van der Waals surface area contributed by atoms with E-state index in [2.05, 4.69) is 10.2 Å². The summed E-state index contributed by atoms with van der Waals surface area (Å²) in [5.41, 5.74) is 0. The highest BCUT2D eigenvalue weighted by Crippen LogP contribution is 2.36. The second kappa shape index (κ2) is 4.99. The summed E-state index contributed by atoms with van der Waals surface area (Å²) in [5.74, 6) is 2.72. The average molecular weight is 292 g/mol. The van der Waals surface area contributed by atoms with E-state index in [-0.39, 0.29) is 6.10 Å². The second-order valence-electron chi connectivity index (χ2n) is 4.54. The van der Waals surface area contributed by atoms with Crippen LogP contribution in [0.1, 0.15) is 12.0 Å². The molecule has 6 nitrogen and oxygen atoms in total. The van der Waals surface area contributed by atoms with E-state index in [9.17, 15) is 0 Å². The molecule has 1 fully saturated rings. The van der Waals surface area contributed by atoms with E-state index in [1.54, 1.807) is 0 Å². The van der Waals surface area contributed by atoms with Gasteiger partial charge in [-0.3, -0.25) is 0 Å². The quantitative estimate of drug-likeness (QED) is 0.631. The first kappa shape index (κ1) is 12.0. The van der Waals surface area contributed by atoms with Gasteiger partial charge in [-0.25, -0.2) is 0 Å². The fourth-order valence-corrected chi connectivity index (χ4v) is 2.64. The standard InChI is InChI=1S/C13H12N2O4S/c1-2-4-10-9(3-1)17-6-11(18-10)12-14-15-13(19-12)20-7-8-5-16-8/h1-4,8,11H,5-7H2/t8-,11+/m0/s1. The molecule has 7 heteroatoms. The highest BCUT2D eigenvalue weighted by molar-refractivity contribution is 7.99. The number of epoxide rings is 1. The zero-order chi connectivity index (χ0) is 13.4. The summed E-state index contributed by atoms with van der Waals surface area (Å²) in [4.78, 5) is 0. The Morgan fingerprint density at radius 3 is 2.85 bits per heavy atom. The monoisotopic (exact) mass is 292 g/mol. The summed E-state index contributed by atoms with van der Waals surface area (Å²) in [6.45, 7) is 1.19. The average Bonchev–Trinajstić information content (AvgIpc) is 3.21. The number of thioether (sulfide) groups is 1. The molecule has 0 amide bonds. The number of hydrogen-bond acceptors (Lipinski definition) is 7. The SMILES string of the molecule is c1ccc2c(c1)OC[C@H](c1nnc(SC[C@@H]3CO3)o1)O2. The number of rotatable bonds is 4. The van der Waals surface area contributed by atoms with Crippen LogP contribution in [0.2, 0.25) is 0 Å². The summed E-state index contributed by atoms with van der Waals surface area (Å²) in [5, 5.41) is 8.57. The molecule has 1 saturated heterocycles. The van der Waals surface area contributed by atoms with Gasteiger partial charge in [0.1, 0.15) is 6.61 Å². The molecule has 2 atom stereocenters. The summed E-state index contributed by atoms with van der Waals surface area (Å²) < 4.78 is 22.2. The third-order valence-electron chi connectivity index (χ3n) is 3.00. The van der Waals surface area contributed by atoms with Crippen molar-refractivity contribution in [2.24, 2.45) is 0 Å². The number of benzene rings is 1. The molecule has 0 saturated carbocycles. The van der Waals surface area contributed by atoms with E-state index < -0.39 is 0 Å². The minimum Gasteiger partial charge on any atom is -0.485 e. The number of hydrogen-bond donors (Lipinski definition) is 0. The molecule has 0 N–H and O–H groups in total. The van der Waals surface area contributed by atoms with Crippen LogP contribution in [0.4, 0.5) is 0 Å². The molecule has 0 bridgehead atoms. The smallest absolute Gasteiger partial charge is 0.276 e. The maximum Gasteiger partial charge on any atom is 0.276 e. The molecular weight excluding hydrogens is 280 g/mol. The molecule has 0 aliphatic carbocycles. The van der Waals surface area contributed by atoms with Crippen LogP contribution in [0, 0.1) is 0 Å². The molecule has 4 rings (SSSR count). The molecule has 0 unspecified atom stereocenters. The molecule has 104 valence electrons. The van der Waals surface area contributed by atoms with Crippen LogP contribution in [-0.2, 0) is 4.74 Å². The van der Waals surface area contributed by atoms with Crippen molar-refractivity contribution in [3.63, 3.8) is 0 Å². The number of aromatic nitrogens is 2. The summed E-state index contributed by atoms with van der Waals surface area (Å²) >= 11 is 1.50. The van der Waals surface area contributed by atoms with Gasteiger partial charge in [0.15, 0.2) is 11.5 Å². The Morgan fingerprint density at radius 1 is 1.15 bits per heavy atom. The molecule has 1 aromatic heterocycles. The van der Waals surface area contributed by atoms with Gasteiger partial charge in [0.25, 0.3) is 11.1 Å². The number of para-hydroxylation sites is 2. The molecule has 20 heavy (non-hydrogen) atoms. The minimum absolute atomic E-state index is 0.330. The van der Waals surface area contributed by atoms with E-state index in [1.165, 1.54) is 11.8 Å². The number of nitrogens with zero attached hydrogens (tertiary/aromatic N) is 2. The fourth-order valence-electron chi connectivity index (χ4n) is 1.88. The molecule has 2 aliphatic heterocycles. The van der Waals surface area contributed by atoms with Crippen LogP contribution < -0.4 is 9.47 Å². The van der Waals surface area contributed by atoms with Crippen molar-refractivity contribution in [3.05, 3.63) is 30.2 Å². The lowest BCUT2D eigenvalue weighted by atomic mass is 10.2. The van der Waals surface area contributed by atoms with Crippen LogP contribution in [0.5, 0.6) is 11.5 Å². The van der Waals surface area contributed by atoms with Gasteiger partial charge < -0.3 is 18.6 Å². The molecule has 0 spiro atoms. The van der Waals surface area contributed by atoms with E-state index in [0.717, 1.165) is 18.1 Å². The van der Waals surface area contributed by atoms with Gasteiger partial charge in [-0.05, 0) is 12.1 Å². The van der Waals surface area contributed by atoms with Crippen molar-refractivity contribution < 1.29 is 18.6 Å². The lowest BCUT2D eigenvalue weighted by Gasteiger charge is -2.23. The van der Waals surface area contributed by atoms with Crippen LogP contribution in [0.25, 0.3) is 0 Å². The molecular formula is C13H12N2O4S. The molecule has 0 radical (unpaired) electrons. The maximum atomic E-state index is 5.81. The van der Waals surface area contributed by atoms with Gasteiger partial charge in [0.05, 0.1) is 12.7 Å². The van der Waals surface area contributed by atoms with Gasteiger partial charge >= 0.3 is 0 Å². The van der Waals surface area contributed by atoms with Gasteiger partial charge in [-0.2, -0.15) is 0 Å². The summed E-state index contributed by atoms with van der Waals surface area (Å²) in [7, 11) is 0. The van der Waals surface area contributed by atoms with Crippen LogP contribution in [0.3, 0.4) is 0 Å². The Morgan fingerprint density at radius 2 is 2.00 bits per heavy atom. The first-order chi connectivity index (χ1) is 9.88. The normalized spacial score (nSPS) is 23.6. The highest BCUT2D eigenvalue weighted by atomic mass is 32.2. The molecule has 2 aliphatic rings. The highest BCUT2D eigenvalue weighted by Gasteiger charge is 2.28. The summed E-state index contributed by atoms with van der Waals surface area (Å²) in [6, 6.07) is 7.54. The molecule has 3 heterocycles. The van der Waals surface area contributed by atoms with Gasteiger partial charge in [-0.1, -0.05) is 23.9 Å². The lowest BCUT2D eigenvalue weighted by Crippen LogP contribution is -2.21. The zero-order valence-corrected chi connectivity index (χ0v) is 11.3. The van der Waals surface area contributed by atoms with Crippen LogP contribution in [-0.4, -0.2) is 35.3 Å². The van der Waals surface area contributed by atoms with Crippen molar-refractivity contribution in [3.8, 4) is 11.5 Å². The van der Waals surface area contributed by atoms with Crippen molar-refractivity contribution in [1.29, 1.82) is 0 Å². The van der Waals surface area contributed by atoms with E-state index >= 15 is 0 Å². The van der Waals surface area contributed by atoms with Crippen LogP contribution >= 0.6 is 11.8 Å². The largest absolute Gasteiger partial charge is 0.485 e. The Bertz CT molecular complexity index is 614. The first-order valence-electron chi connectivity index (χ1n) is 6.35. The van der Waals surface area contributed by atoms with Crippen molar-refractivity contribution in [1.82, 2.24) is 10.2 Å². The van der Waals surface area contributed by atoms with E-state index in [1.807, 2.05) is 24.3 Å². The molecule has 1 aromatic carbocycles. The van der Waals surface area contributed by atoms with Crippen molar-refractivity contribution in [2.75, 3.05) is 19.0 Å². The van der Waals surface area contributed by atoms with Crippen molar-refractivity contribution >= 4 is 11.8 Å². The Labute approximate surface area is 119 Å². The Balaban J connectivity index is 1.45. The maximum absolute atomic E-state index is 5.81. The minimum atomic E-state index is -0.357. The number of fused-ring (bicyclic) bond motifs is 1. The van der Waals surface area contributed by atoms with Gasteiger partial charge in [0, 0.05) is 5.75 Å². The van der Waals surface area contributed by atoms with Crippen molar-refractivity contribution in [2.45, 2.75) is 17.4 Å². The van der Waals surface area contributed by atoms with E-state index in [0.29, 0.717) is 29.6 Å². The third kappa shape index (κ3) is 2.46. The van der Waals surface area contributed by atoms with E-state index in [4.69, 9.17) is 18.6 Å².